The van der Waals surface area contributed by atoms with E-state index in [4.69, 9.17) is 16.4 Å². The third kappa shape index (κ3) is 4.23. The number of benzene rings is 2. The van der Waals surface area contributed by atoms with E-state index in [2.05, 4.69) is 10.5 Å². The Kier molecular flexibility index (Phi) is 5.36. The predicted molar refractivity (Wildman–Crippen MR) is 108 cm³/mol. The number of urea groups is 1. The number of nitrogens with zero attached hydrogens (tertiary/aromatic N) is 2. The molecule has 0 atom stereocenters. The van der Waals surface area contributed by atoms with Crippen LogP contribution in [0.25, 0.3) is 0 Å². The van der Waals surface area contributed by atoms with E-state index in [-0.39, 0.29) is 10.7 Å². The number of rotatable bonds is 2. The third-order valence-corrected chi connectivity index (χ3v) is 5.67. The second-order valence-electron chi connectivity index (χ2n) is 7.46. The summed E-state index contributed by atoms with van der Waals surface area (Å²) in [6.07, 6.45) is -2.88. The molecule has 0 bridgehead atoms. The molecule has 2 amide bonds. The van der Waals surface area contributed by atoms with E-state index in [1.54, 1.807) is 0 Å². The van der Waals surface area contributed by atoms with Crippen LogP contribution < -0.4 is 5.32 Å². The molecule has 30 heavy (non-hydrogen) atoms. The fourth-order valence-corrected chi connectivity index (χ4v) is 3.92. The number of nitrogens with one attached hydrogen (secondary N) is 1. The van der Waals surface area contributed by atoms with Crippen LogP contribution in [0.4, 0.5) is 23.7 Å². The van der Waals surface area contributed by atoms with Gasteiger partial charge in [-0.25, -0.2) is 4.79 Å². The number of halogens is 4. The van der Waals surface area contributed by atoms with Crippen molar-refractivity contribution in [2.75, 3.05) is 18.4 Å². The van der Waals surface area contributed by atoms with Gasteiger partial charge >= 0.3 is 12.2 Å². The largest absolute Gasteiger partial charge is 0.418 e. The van der Waals surface area contributed by atoms with Gasteiger partial charge in [-0.15, -0.1) is 0 Å². The summed E-state index contributed by atoms with van der Waals surface area (Å²) in [5.74, 6) is 0. The highest BCUT2D eigenvalue weighted by Crippen LogP contribution is 2.38. The highest BCUT2D eigenvalue weighted by molar-refractivity contribution is 6.30. The van der Waals surface area contributed by atoms with E-state index in [0.717, 1.165) is 23.4 Å². The minimum atomic E-state index is -4.62. The normalized spacial score (nSPS) is 18.1. The molecule has 0 radical (unpaired) electrons. The summed E-state index contributed by atoms with van der Waals surface area (Å²) >= 11 is 5.69. The van der Waals surface area contributed by atoms with E-state index in [9.17, 15) is 18.0 Å². The summed E-state index contributed by atoms with van der Waals surface area (Å²) in [6, 6.07) is 12.4. The lowest BCUT2D eigenvalue weighted by atomic mass is 9.85. The zero-order valence-corrected chi connectivity index (χ0v) is 16.6. The second-order valence-corrected chi connectivity index (χ2v) is 7.90. The summed E-state index contributed by atoms with van der Waals surface area (Å²) in [7, 11) is 0. The Hall–Kier alpha value is -2.74. The van der Waals surface area contributed by atoms with Gasteiger partial charge in [-0.1, -0.05) is 47.1 Å². The first-order valence-electron chi connectivity index (χ1n) is 9.49. The summed E-state index contributed by atoms with van der Waals surface area (Å²) in [4.78, 5) is 19.8. The van der Waals surface area contributed by atoms with E-state index >= 15 is 0 Å². The smallest absolute Gasteiger partial charge is 0.388 e. The first kappa shape index (κ1) is 20.5. The van der Waals surface area contributed by atoms with Gasteiger partial charge in [0.15, 0.2) is 0 Å². The molecular weight excluding hydrogens is 419 g/mol. The standard InChI is InChI=1S/C21H19ClF3N3O2/c22-15-6-7-17(16(12-15)21(23,24)25)26-19(29)28-10-8-20(9-11-28)13-18(27-30-20)14-4-2-1-3-5-14/h1-7,12H,8-11,13H2,(H,26,29). The summed E-state index contributed by atoms with van der Waals surface area (Å²) in [5.41, 5.74) is 0.0987. The fraction of sp³-hybridized carbons (Fsp3) is 0.333. The van der Waals surface area contributed by atoms with E-state index < -0.39 is 23.4 Å². The van der Waals surface area contributed by atoms with Crippen molar-refractivity contribution in [1.29, 1.82) is 0 Å². The maximum atomic E-state index is 13.2. The average Bonchev–Trinajstić information content (AvgIpc) is 3.13. The SMILES string of the molecule is O=C(Nc1ccc(Cl)cc1C(F)(F)F)N1CCC2(CC1)CC(c1ccccc1)=NO2. The third-order valence-electron chi connectivity index (χ3n) is 5.44. The number of likely N-dealkylation sites (tertiary alicyclic amines) is 1. The molecule has 1 fully saturated rings. The Bertz CT molecular complexity index is 971. The molecule has 0 saturated carbocycles. The Labute approximate surface area is 176 Å². The van der Waals surface area contributed by atoms with Crippen LogP contribution in [0.5, 0.6) is 0 Å². The lowest BCUT2D eigenvalue weighted by molar-refractivity contribution is -0.136. The van der Waals surface area contributed by atoms with Crippen molar-refractivity contribution in [2.24, 2.45) is 5.16 Å². The predicted octanol–water partition coefficient (Wildman–Crippen LogP) is 5.55. The van der Waals surface area contributed by atoms with Crippen molar-refractivity contribution in [1.82, 2.24) is 4.90 Å². The van der Waals surface area contributed by atoms with Gasteiger partial charge in [0.1, 0.15) is 5.60 Å². The molecule has 2 aliphatic heterocycles. The van der Waals surface area contributed by atoms with E-state index in [1.165, 1.54) is 11.0 Å². The number of carbonyl (C=O) groups is 1. The zero-order valence-electron chi connectivity index (χ0n) is 15.9. The molecule has 0 unspecified atom stereocenters. The second kappa shape index (κ2) is 7.83. The van der Waals surface area contributed by atoms with Crippen LogP contribution in [-0.4, -0.2) is 35.3 Å². The van der Waals surface area contributed by atoms with Gasteiger partial charge in [0.05, 0.1) is 17.0 Å². The number of anilines is 1. The zero-order chi connectivity index (χ0) is 21.4. The van der Waals surface area contributed by atoms with Crippen molar-refractivity contribution < 1.29 is 22.8 Å². The number of alkyl halides is 3. The number of amides is 2. The highest BCUT2D eigenvalue weighted by atomic mass is 35.5. The topological polar surface area (TPSA) is 53.9 Å². The molecular formula is C21H19ClF3N3O2. The number of piperidine rings is 1. The molecule has 1 saturated heterocycles. The van der Waals surface area contributed by atoms with E-state index in [1.807, 2.05) is 30.3 Å². The molecule has 9 heteroatoms. The molecule has 5 nitrogen and oxygen atoms in total. The lowest BCUT2D eigenvalue weighted by Crippen LogP contribution is -2.48. The molecule has 1 N–H and O–H groups in total. The van der Waals surface area contributed by atoms with E-state index in [0.29, 0.717) is 32.4 Å². The Morgan fingerprint density at radius 1 is 1.13 bits per heavy atom. The monoisotopic (exact) mass is 437 g/mol. The summed E-state index contributed by atoms with van der Waals surface area (Å²) < 4.78 is 39.7. The van der Waals surface area contributed by atoms with Gasteiger partial charge in [0.25, 0.3) is 0 Å². The first-order valence-corrected chi connectivity index (χ1v) is 9.87. The molecule has 1 spiro atoms. The van der Waals surface area contributed by atoms with Gasteiger partial charge in [0.2, 0.25) is 0 Å². The van der Waals surface area contributed by atoms with Crippen molar-refractivity contribution in [3.8, 4) is 0 Å². The average molecular weight is 438 g/mol. The first-order chi connectivity index (χ1) is 14.3. The number of hydrogen-bond acceptors (Lipinski definition) is 3. The Balaban J connectivity index is 1.38. The van der Waals surface area contributed by atoms with Crippen LogP contribution in [0.3, 0.4) is 0 Å². The van der Waals surface area contributed by atoms with Gasteiger partial charge in [-0.05, 0) is 23.8 Å². The van der Waals surface area contributed by atoms with Crippen molar-refractivity contribution >= 4 is 29.0 Å². The van der Waals surface area contributed by atoms with Crippen LogP contribution in [-0.2, 0) is 11.0 Å². The van der Waals surface area contributed by atoms with Crippen LogP contribution in [0.1, 0.15) is 30.4 Å². The number of hydrogen-bond donors (Lipinski definition) is 1. The van der Waals surface area contributed by atoms with Gasteiger partial charge in [-0.2, -0.15) is 13.2 Å². The highest BCUT2D eigenvalue weighted by Gasteiger charge is 2.43. The fourth-order valence-electron chi connectivity index (χ4n) is 3.75. The summed E-state index contributed by atoms with van der Waals surface area (Å²) in [6.45, 7) is 0.719. The molecule has 0 aliphatic carbocycles. The molecule has 2 aromatic carbocycles. The molecule has 2 heterocycles. The summed E-state index contributed by atoms with van der Waals surface area (Å²) in [5, 5.41) is 6.55. The molecule has 2 aromatic rings. The van der Waals surface area contributed by atoms with Crippen LogP contribution in [0.15, 0.2) is 53.7 Å². The number of carbonyl (C=O) groups excluding carboxylic acids is 1. The van der Waals surface area contributed by atoms with Gasteiger partial charge in [-0.3, -0.25) is 0 Å². The lowest BCUT2D eigenvalue weighted by Gasteiger charge is -2.37. The maximum absolute atomic E-state index is 13.2. The minimum Gasteiger partial charge on any atom is -0.388 e. The van der Waals surface area contributed by atoms with Crippen LogP contribution in [0, 0.1) is 0 Å². The molecule has 158 valence electrons. The van der Waals surface area contributed by atoms with Crippen molar-refractivity contribution in [2.45, 2.75) is 31.0 Å². The molecule has 4 rings (SSSR count). The Morgan fingerprint density at radius 3 is 2.50 bits per heavy atom. The molecule has 0 aromatic heterocycles. The maximum Gasteiger partial charge on any atom is 0.418 e. The Morgan fingerprint density at radius 2 is 1.83 bits per heavy atom. The molecule has 2 aliphatic rings. The van der Waals surface area contributed by atoms with Gasteiger partial charge < -0.3 is 15.1 Å². The minimum absolute atomic E-state index is 0.0483. The number of oxime groups is 1. The van der Waals surface area contributed by atoms with Crippen molar-refractivity contribution in [3.63, 3.8) is 0 Å². The van der Waals surface area contributed by atoms with Crippen molar-refractivity contribution in [3.05, 3.63) is 64.7 Å². The van der Waals surface area contributed by atoms with Crippen LogP contribution >= 0.6 is 11.6 Å². The van der Waals surface area contributed by atoms with Gasteiger partial charge in [0, 0.05) is 37.4 Å². The quantitative estimate of drug-likeness (QED) is 0.669. The van der Waals surface area contributed by atoms with Crippen LogP contribution in [0.2, 0.25) is 5.02 Å².